The molecular formula is C14H18N2O2. The van der Waals surface area contributed by atoms with Crippen molar-refractivity contribution in [3.63, 3.8) is 0 Å². The van der Waals surface area contributed by atoms with Gasteiger partial charge in [-0.25, -0.2) is 9.78 Å². The van der Waals surface area contributed by atoms with Gasteiger partial charge in [0.05, 0.1) is 24.4 Å². The lowest BCUT2D eigenvalue weighted by atomic mass is 9.92. The van der Waals surface area contributed by atoms with E-state index < -0.39 is 0 Å². The van der Waals surface area contributed by atoms with Crippen molar-refractivity contribution in [3.05, 3.63) is 35.9 Å². The van der Waals surface area contributed by atoms with Crippen LogP contribution in [-0.2, 0) is 11.2 Å². The Morgan fingerprint density at radius 3 is 2.78 bits per heavy atom. The van der Waals surface area contributed by atoms with Crippen LogP contribution in [0.3, 0.4) is 0 Å². The van der Waals surface area contributed by atoms with Crippen LogP contribution in [0.1, 0.15) is 37.0 Å². The van der Waals surface area contributed by atoms with Crippen molar-refractivity contribution >= 4 is 11.5 Å². The summed E-state index contributed by atoms with van der Waals surface area (Å²) >= 11 is 0. The van der Waals surface area contributed by atoms with Crippen LogP contribution in [0.2, 0.25) is 0 Å². The smallest absolute Gasteiger partial charge is 0.340 e. The summed E-state index contributed by atoms with van der Waals surface area (Å²) in [6.07, 6.45) is 4.51. The van der Waals surface area contributed by atoms with Crippen LogP contribution in [0, 0.1) is 5.41 Å². The zero-order chi connectivity index (χ0) is 13.3. The second-order valence-electron chi connectivity index (χ2n) is 5.58. The number of pyridine rings is 1. The summed E-state index contributed by atoms with van der Waals surface area (Å²) in [6.45, 7) is 6.49. The Bertz CT molecular complexity index is 579. The molecule has 0 unspecified atom stereocenters. The van der Waals surface area contributed by atoms with Gasteiger partial charge in [-0.2, -0.15) is 0 Å². The maximum Gasteiger partial charge on any atom is 0.340 e. The maximum atomic E-state index is 11.7. The molecule has 0 radical (unpaired) electrons. The van der Waals surface area contributed by atoms with Gasteiger partial charge in [-0.15, -0.1) is 0 Å². The van der Waals surface area contributed by atoms with Crippen molar-refractivity contribution in [1.29, 1.82) is 0 Å². The molecule has 0 saturated heterocycles. The van der Waals surface area contributed by atoms with Gasteiger partial charge in [0.25, 0.3) is 0 Å². The summed E-state index contributed by atoms with van der Waals surface area (Å²) in [7, 11) is 1.39. The SMILES string of the molecule is COC(=O)c1cccn2c(CC(C)(C)C)ncc12. The third-order valence-electron chi connectivity index (χ3n) is 2.74. The monoisotopic (exact) mass is 246 g/mol. The van der Waals surface area contributed by atoms with Gasteiger partial charge in [-0.1, -0.05) is 20.8 Å². The summed E-state index contributed by atoms with van der Waals surface area (Å²) in [6, 6.07) is 3.59. The number of imidazole rings is 1. The van der Waals surface area contributed by atoms with Gasteiger partial charge < -0.3 is 9.14 Å². The van der Waals surface area contributed by atoms with Crippen molar-refractivity contribution < 1.29 is 9.53 Å². The van der Waals surface area contributed by atoms with Crippen LogP contribution in [0.25, 0.3) is 5.52 Å². The van der Waals surface area contributed by atoms with E-state index >= 15 is 0 Å². The van der Waals surface area contributed by atoms with E-state index in [0.29, 0.717) is 5.56 Å². The van der Waals surface area contributed by atoms with Crippen LogP contribution < -0.4 is 0 Å². The number of nitrogens with zero attached hydrogens (tertiary/aromatic N) is 2. The molecule has 4 nitrogen and oxygen atoms in total. The minimum absolute atomic E-state index is 0.155. The molecule has 0 fully saturated rings. The first kappa shape index (κ1) is 12.6. The normalized spacial score (nSPS) is 11.8. The number of methoxy groups -OCH3 is 1. The van der Waals surface area contributed by atoms with Crippen LogP contribution in [0.4, 0.5) is 0 Å². The highest BCUT2D eigenvalue weighted by Gasteiger charge is 2.17. The number of carbonyl (C=O) groups is 1. The van der Waals surface area contributed by atoms with E-state index in [1.54, 1.807) is 12.3 Å². The number of rotatable bonds is 2. The molecule has 0 aromatic carbocycles. The van der Waals surface area contributed by atoms with Crippen LogP contribution in [0.5, 0.6) is 0 Å². The summed E-state index contributed by atoms with van der Waals surface area (Å²) < 4.78 is 6.73. The summed E-state index contributed by atoms with van der Waals surface area (Å²) in [5, 5.41) is 0. The minimum Gasteiger partial charge on any atom is -0.465 e. The average molecular weight is 246 g/mol. The highest BCUT2D eigenvalue weighted by Crippen LogP contribution is 2.22. The number of ether oxygens (including phenoxy) is 1. The molecule has 4 heteroatoms. The topological polar surface area (TPSA) is 43.6 Å². The number of carbonyl (C=O) groups excluding carboxylic acids is 1. The zero-order valence-electron chi connectivity index (χ0n) is 11.2. The molecule has 2 heterocycles. The summed E-state index contributed by atoms with van der Waals surface area (Å²) in [4.78, 5) is 16.1. The third kappa shape index (κ3) is 2.37. The van der Waals surface area contributed by atoms with Crippen molar-refractivity contribution in [2.24, 2.45) is 5.41 Å². The van der Waals surface area contributed by atoms with E-state index in [4.69, 9.17) is 4.74 Å². The van der Waals surface area contributed by atoms with Crippen LogP contribution in [-0.4, -0.2) is 22.5 Å². The standard InChI is InChI=1S/C14H18N2O2/c1-14(2,3)8-12-15-9-11-10(13(17)18-4)6-5-7-16(11)12/h5-7,9H,8H2,1-4H3. The first-order valence-electron chi connectivity index (χ1n) is 5.95. The highest BCUT2D eigenvalue weighted by molar-refractivity contribution is 5.96. The molecule has 0 aliphatic heterocycles. The highest BCUT2D eigenvalue weighted by atomic mass is 16.5. The molecule has 0 spiro atoms. The van der Waals surface area contributed by atoms with E-state index in [0.717, 1.165) is 17.8 Å². The molecule has 0 saturated carbocycles. The minimum atomic E-state index is -0.331. The Morgan fingerprint density at radius 2 is 2.17 bits per heavy atom. The number of fused-ring (bicyclic) bond motifs is 1. The van der Waals surface area contributed by atoms with Gasteiger partial charge in [0.15, 0.2) is 0 Å². The fourth-order valence-corrected chi connectivity index (χ4v) is 1.96. The molecule has 0 amide bonds. The fraction of sp³-hybridized carbons (Fsp3) is 0.429. The molecule has 0 N–H and O–H groups in total. The second-order valence-corrected chi connectivity index (χ2v) is 5.58. The van der Waals surface area contributed by atoms with E-state index in [9.17, 15) is 4.79 Å². The maximum absolute atomic E-state index is 11.7. The number of hydrogen-bond donors (Lipinski definition) is 0. The van der Waals surface area contributed by atoms with Gasteiger partial charge in [0, 0.05) is 12.6 Å². The summed E-state index contributed by atoms with van der Waals surface area (Å²) in [5.41, 5.74) is 1.50. The fourth-order valence-electron chi connectivity index (χ4n) is 1.96. The molecule has 96 valence electrons. The van der Waals surface area contributed by atoms with Crippen molar-refractivity contribution in [1.82, 2.24) is 9.38 Å². The molecule has 0 aliphatic carbocycles. The first-order valence-corrected chi connectivity index (χ1v) is 5.95. The molecule has 18 heavy (non-hydrogen) atoms. The lowest BCUT2D eigenvalue weighted by Crippen LogP contribution is -2.12. The number of hydrogen-bond acceptors (Lipinski definition) is 3. The summed E-state index contributed by atoms with van der Waals surface area (Å²) in [5.74, 6) is 0.631. The number of aromatic nitrogens is 2. The average Bonchev–Trinajstić information content (AvgIpc) is 2.69. The van der Waals surface area contributed by atoms with Crippen molar-refractivity contribution in [2.75, 3.05) is 7.11 Å². The largest absolute Gasteiger partial charge is 0.465 e. The Labute approximate surface area is 107 Å². The molecule has 2 rings (SSSR count). The lowest BCUT2D eigenvalue weighted by Gasteiger charge is -2.16. The molecular weight excluding hydrogens is 228 g/mol. The third-order valence-corrected chi connectivity index (χ3v) is 2.74. The van der Waals surface area contributed by atoms with Crippen LogP contribution in [0.15, 0.2) is 24.5 Å². The molecule has 0 aliphatic rings. The van der Waals surface area contributed by atoms with Crippen molar-refractivity contribution in [2.45, 2.75) is 27.2 Å². The van der Waals surface area contributed by atoms with E-state index in [1.165, 1.54) is 7.11 Å². The zero-order valence-corrected chi connectivity index (χ0v) is 11.2. The van der Waals surface area contributed by atoms with Gasteiger partial charge in [0.2, 0.25) is 0 Å². The second kappa shape index (κ2) is 4.44. The predicted octanol–water partition coefficient (Wildman–Crippen LogP) is 2.71. The Hall–Kier alpha value is -1.84. The first-order chi connectivity index (χ1) is 8.42. The predicted molar refractivity (Wildman–Crippen MR) is 69.7 cm³/mol. The quantitative estimate of drug-likeness (QED) is 0.765. The number of esters is 1. The Kier molecular flexibility index (Phi) is 3.11. The van der Waals surface area contributed by atoms with Gasteiger partial charge >= 0.3 is 5.97 Å². The molecule has 2 aromatic heterocycles. The van der Waals surface area contributed by atoms with Gasteiger partial charge in [-0.05, 0) is 17.5 Å². The van der Waals surface area contributed by atoms with E-state index in [-0.39, 0.29) is 11.4 Å². The molecule has 0 bridgehead atoms. The van der Waals surface area contributed by atoms with Crippen LogP contribution >= 0.6 is 0 Å². The van der Waals surface area contributed by atoms with Gasteiger partial charge in [0.1, 0.15) is 5.82 Å². The Balaban J connectivity index is 2.52. The van der Waals surface area contributed by atoms with E-state index in [2.05, 4.69) is 25.8 Å². The van der Waals surface area contributed by atoms with E-state index in [1.807, 2.05) is 16.7 Å². The molecule has 0 atom stereocenters. The van der Waals surface area contributed by atoms with Crippen molar-refractivity contribution in [3.8, 4) is 0 Å². The Morgan fingerprint density at radius 1 is 1.44 bits per heavy atom. The lowest BCUT2D eigenvalue weighted by molar-refractivity contribution is 0.0602. The van der Waals surface area contributed by atoms with Gasteiger partial charge in [-0.3, -0.25) is 0 Å². The molecule has 2 aromatic rings.